The zero-order valence-electron chi connectivity index (χ0n) is 11.3. The number of hydrogen-bond acceptors (Lipinski definition) is 1. The summed E-state index contributed by atoms with van der Waals surface area (Å²) in [5, 5.41) is 4.07. The summed E-state index contributed by atoms with van der Waals surface area (Å²) < 4.78 is 2.18. The van der Waals surface area contributed by atoms with Crippen molar-refractivity contribution in [3.63, 3.8) is 0 Å². The van der Waals surface area contributed by atoms with Crippen molar-refractivity contribution in [3.8, 4) is 0 Å². The molecule has 1 N–H and O–H groups in total. The maximum absolute atomic E-state index is 5.59. The first-order valence-corrected chi connectivity index (χ1v) is 8.75. The van der Waals surface area contributed by atoms with Gasteiger partial charge >= 0.3 is 0 Å². The van der Waals surface area contributed by atoms with Crippen molar-refractivity contribution in [1.82, 2.24) is 0 Å². The third-order valence-corrected chi connectivity index (χ3v) is 4.85. The average molecular weight is 426 g/mol. The van der Waals surface area contributed by atoms with Crippen LogP contribution in [0, 0.1) is 0 Å². The zero-order valence-corrected chi connectivity index (χ0v) is 15.3. The number of rotatable bonds is 1. The van der Waals surface area contributed by atoms with Gasteiger partial charge in [0.05, 0.1) is 0 Å². The normalized spacial score (nSPS) is 13.7. The van der Waals surface area contributed by atoms with Gasteiger partial charge in [0.1, 0.15) is 0 Å². The fraction of sp³-hybridized carbons (Fsp3) is 0.188. The van der Waals surface area contributed by atoms with E-state index >= 15 is 0 Å². The molecule has 0 aliphatic carbocycles. The fourth-order valence-electron chi connectivity index (χ4n) is 2.50. The number of benzene rings is 2. The first kappa shape index (κ1) is 15.0. The van der Waals surface area contributed by atoms with Crippen LogP contribution in [0.3, 0.4) is 0 Å². The van der Waals surface area contributed by atoms with Crippen LogP contribution < -0.4 is 10.2 Å². The third kappa shape index (κ3) is 3.47. The minimum atomic E-state index is 0.751. The largest absolute Gasteiger partial charge is 0.332 e. The van der Waals surface area contributed by atoms with Crippen LogP contribution in [-0.4, -0.2) is 11.7 Å². The Kier molecular flexibility index (Phi) is 4.62. The number of anilines is 2. The van der Waals surface area contributed by atoms with Crippen LogP contribution in [0.5, 0.6) is 0 Å². The predicted molar refractivity (Wildman–Crippen MR) is 100 cm³/mol. The van der Waals surface area contributed by atoms with Gasteiger partial charge in [-0.25, -0.2) is 0 Å². The standard InChI is InChI=1S/C16H14Br2N2S/c17-12-3-6-14(7-4-12)19-16(21)20-9-1-2-11-10-13(18)5-8-15(11)20/h3-8,10H,1-2,9H2,(H,19,21). The topological polar surface area (TPSA) is 15.3 Å². The molecule has 0 spiro atoms. The molecule has 0 aromatic heterocycles. The summed E-state index contributed by atoms with van der Waals surface area (Å²) in [6.45, 7) is 0.955. The molecule has 2 aromatic carbocycles. The van der Waals surface area contributed by atoms with Crippen molar-refractivity contribution in [3.05, 3.63) is 57.0 Å². The quantitative estimate of drug-likeness (QED) is 0.619. The lowest BCUT2D eigenvalue weighted by molar-refractivity contribution is 0.780. The fourth-order valence-corrected chi connectivity index (χ4v) is 3.48. The van der Waals surface area contributed by atoms with Crippen molar-refractivity contribution in [2.45, 2.75) is 12.8 Å². The summed E-state index contributed by atoms with van der Waals surface area (Å²) in [5.74, 6) is 0. The van der Waals surface area contributed by atoms with Gasteiger partial charge in [0.25, 0.3) is 0 Å². The molecular weight excluding hydrogens is 412 g/mol. The number of fused-ring (bicyclic) bond motifs is 1. The molecule has 0 bridgehead atoms. The summed E-state index contributed by atoms with van der Waals surface area (Å²) in [7, 11) is 0. The summed E-state index contributed by atoms with van der Waals surface area (Å²) >= 11 is 12.6. The van der Waals surface area contributed by atoms with Gasteiger partial charge in [0.2, 0.25) is 0 Å². The van der Waals surface area contributed by atoms with Crippen LogP contribution in [0.15, 0.2) is 51.4 Å². The maximum atomic E-state index is 5.59. The van der Waals surface area contributed by atoms with Crippen LogP contribution >= 0.6 is 44.1 Å². The molecule has 2 aromatic rings. The molecule has 21 heavy (non-hydrogen) atoms. The number of hydrogen-bond donors (Lipinski definition) is 1. The molecule has 0 amide bonds. The Bertz CT molecular complexity index is 670. The number of halogens is 2. The summed E-state index contributed by atoms with van der Waals surface area (Å²) in [6.07, 6.45) is 2.22. The predicted octanol–water partition coefficient (Wildman–Crippen LogP) is 5.36. The molecule has 1 heterocycles. The zero-order chi connectivity index (χ0) is 14.8. The number of nitrogens with one attached hydrogen (secondary N) is 1. The highest BCUT2D eigenvalue weighted by molar-refractivity contribution is 9.10. The van der Waals surface area contributed by atoms with Gasteiger partial charge in [0.15, 0.2) is 5.11 Å². The van der Waals surface area contributed by atoms with Crippen LogP contribution in [-0.2, 0) is 6.42 Å². The van der Waals surface area contributed by atoms with Crippen LogP contribution in [0.25, 0.3) is 0 Å². The first-order chi connectivity index (χ1) is 10.1. The smallest absolute Gasteiger partial charge is 0.177 e. The van der Waals surface area contributed by atoms with Gasteiger partial charge in [-0.05, 0) is 73.1 Å². The Labute approximate surface area is 146 Å². The Balaban J connectivity index is 1.81. The molecule has 3 rings (SSSR count). The van der Waals surface area contributed by atoms with E-state index in [2.05, 4.69) is 60.3 Å². The van der Waals surface area contributed by atoms with Gasteiger partial charge in [-0.3, -0.25) is 0 Å². The molecule has 0 saturated heterocycles. The van der Waals surface area contributed by atoms with Gasteiger partial charge in [-0.15, -0.1) is 0 Å². The van der Waals surface area contributed by atoms with E-state index in [1.807, 2.05) is 24.3 Å². The Hall–Kier alpha value is -0.910. The molecule has 1 aliphatic rings. The van der Waals surface area contributed by atoms with E-state index in [-0.39, 0.29) is 0 Å². The van der Waals surface area contributed by atoms with Crippen molar-refractivity contribution in [2.24, 2.45) is 0 Å². The van der Waals surface area contributed by atoms with Gasteiger partial charge in [0, 0.05) is 26.9 Å². The lowest BCUT2D eigenvalue weighted by Crippen LogP contribution is -2.38. The highest BCUT2D eigenvalue weighted by atomic mass is 79.9. The van der Waals surface area contributed by atoms with Crippen LogP contribution in [0.1, 0.15) is 12.0 Å². The Morgan fingerprint density at radius 2 is 1.76 bits per heavy atom. The molecule has 0 atom stereocenters. The Morgan fingerprint density at radius 3 is 2.52 bits per heavy atom. The molecule has 108 valence electrons. The molecule has 2 nitrogen and oxygen atoms in total. The Morgan fingerprint density at radius 1 is 1.05 bits per heavy atom. The summed E-state index contributed by atoms with van der Waals surface area (Å²) in [6, 6.07) is 14.4. The average Bonchev–Trinajstić information content (AvgIpc) is 2.48. The number of aryl methyl sites for hydroxylation is 1. The van der Waals surface area contributed by atoms with E-state index in [4.69, 9.17) is 12.2 Å². The second kappa shape index (κ2) is 6.46. The monoisotopic (exact) mass is 424 g/mol. The van der Waals surface area contributed by atoms with Gasteiger partial charge < -0.3 is 10.2 Å². The van der Waals surface area contributed by atoms with Crippen LogP contribution in [0.4, 0.5) is 11.4 Å². The SMILES string of the molecule is S=C(Nc1ccc(Br)cc1)N1CCCc2cc(Br)ccc21. The number of thiocarbonyl (C=S) groups is 1. The lowest BCUT2D eigenvalue weighted by atomic mass is 10.0. The lowest BCUT2D eigenvalue weighted by Gasteiger charge is -2.32. The second-order valence-electron chi connectivity index (χ2n) is 4.97. The van der Waals surface area contributed by atoms with Gasteiger partial charge in [-0.2, -0.15) is 0 Å². The molecule has 1 aliphatic heterocycles. The second-order valence-corrected chi connectivity index (χ2v) is 7.18. The minimum Gasteiger partial charge on any atom is -0.332 e. The van der Waals surface area contributed by atoms with Crippen molar-refractivity contribution in [1.29, 1.82) is 0 Å². The van der Waals surface area contributed by atoms with Crippen molar-refractivity contribution < 1.29 is 0 Å². The minimum absolute atomic E-state index is 0.751. The van der Waals surface area contributed by atoms with E-state index in [1.165, 1.54) is 11.3 Å². The number of nitrogens with zero attached hydrogens (tertiary/aromatic N) is 1. The molecule has 0 saturated carbocycles. The van der Waals surface area contributed by atoms with Crippen LogP contribution in [0.2, 0.25) is 0 Å². The maximum Gasteiger partial charge on any atom is 0.177 e. The third-order valence-electron chi connectivity index (χ3n) is 3.50. The van der Waals surface area contributed by atoms with E-state index in [9.17, 15) is 0 Å². The highest BCUT2D eigenvalue weighted by Gasteiger charge is 2.20. The van der Waals surface area contributed by atoms with Gasteiger partial charge in [-0.1, -0.05) is 31.9 Å². The van der Waals surface area contributed by atoms with E-state index in [1.54, 1.807) is 0 Å². The molecular formula is C16H14Br2N2S. The molecule has 0 radical (unpaired) electrons. The molecule has 0 fully saturated rings. The van der Waals surface area contributed by atoms with Crippen molar-refractivity contribution in [2.75, 3.05) is 16.8 Å². The summed E-state index contributed by atoms with van der Waals surface area (Å²) in [4.78, 5) is 2.18. The van der Waals surface area contributed by atoms with E-state index < -0.39 is 0 Å². The van der Waals surface area contributed by atoms with E-state index in [0.717, 1.165) is 39.1 Å². The summed E-state index contributed by atoms with van der Waals surface area (Å²) in [5.41, 5.74) is 3.56. The van der Waals surface area contributed by atoms with E-state index in [0.29, 0.717) is 0 Å². The highest BCUT2D eigenvalue weighted by Crippen LogP contribution is 2.30. The molecule has 0 unspecified atom stereocenters. The molecule has 5 heteroatoms. The first-order valence-electron chi connectivity index (χ1n) is 6.76. The van der Waals surface area contributed by atoms with Crippen molar-refractivity contribution >= 4 is 60.6 Å².